The molecule has 77 heavy (non-hydrogen) atoms. The summed E-state index contributed by atoms with van der Waals surface area (Å²) in [4.78, 5) is 50.7. The normalized spacial score (nSPS) is 19.5. The van der Waals surface area contributed by atoms with Crippen molar-refractivity contribution in [3.63, 3.8) is 0 Å². The van der Waals surface area contributed by atoms with Crippen LogP contribution in [-0.4, -0.2) is 99.8 Å². The number of phosphoric acid groups is 1. The molecular formula is C45H41ClF10N7O11PS2. The number of amides is 2. The van der Waals surface area contributed by atoms with Gasteiger partial charge in [0.2, 0.25) is 21.8 Å². The van der Waals surface area contributed by atoms with Gasteiger partial charge in [0.25, 0.3) is 5.92 Å². The maximum atomic E-state index is 15.6. The second kappa shape index (κ2) is 19.9. The highest BCUT2D eigenvalue weighted by Gasteiger charge is 2.68. The summed E-state index contributed by atoms with van der Waals surface area (Å²) in [6.45, 7) is -2.24. The first-order valence-corrected chi connectivity index (χ1v) is 28.1. The highest BCUT2D eigenvalue weighted by Crippen LogP contribution is 2.68. The van der Waals surface area contributed by atoms with Gasteiger partial charge in [-0.2, -0.15) is 49.6 Å². The van der Waals surface area contributed by atoms with Crippen LogP contribution >= 0.6 is 19.4 Å². The molecule has 3 aromatic heterocycles. The van der Waals surface area contributed by atoms with Gasteiger partial charge in [0.1, 0.15) is 40.9 Å². The molecule has 18 nitrogen and oxygen atoms in total. The van der Waals surface area contributed by atoms with Crippen LogP contribution < -0.4 is 9.62 Å². The lowest BCUT2D eigenvalue weighted by Crippen LogP contribution is -2.38. The van der Waals surface area contributed by atoms with Gasteiger partial charge in [-0.15, -0.1) is 0 Å². The van der Waals surface area contributed by atoms with Crippen LogP contribution in [0.15, 0.2) is 42.5 Å². The average molecular weight is 1180 g/mol. The summed E-state index contributed by atoms with van der Waals surface area (Å²) in [5.74, 6) is -9.44. The average Bonchev–Trinajstić information content (AvgIpc) is 4.17. The number of sulfonamides is 1. The maximum Gasteiger partial charge on any atom is 0.471 e. The molecule has 2 fully saturated rings. The zero-order valence-electron chi connectivity index (χ0n) is 40.1. The minimum absolute atomic E-state index is 0.0925. The van der Waals surface area contributed by atoms with Gasteiger partial charge < -0.3 is 19.8 Å². The third kappa shape index (κ3) is 12.2. The molecule has 8 rings (SSSR count). The Hall–Kier alpha value is -5.67. The zero-order chi connectivity index (χ0) is 56.9. The van der Waals surface area contributed by atoms with Crippen molar-refractivity contribution < 1.29 is 93.9 Å². The first kappa shape index (κ1) is 57.5. The number of nitrogens with one attached hydrogen (secondary N) is 1. The molecule has 2 saturated carbocycles. The molecule has 0 radical (unpaired) electrons. The fraction of sp³-hybridized carbons (Fsp3) is 0.444. The summed E-state index contributed by atoms with van der Waals surface area (Å²) < 4.78 is 219. The number of rotatable bonds is 17. The van der Waals surface area contributed by atoms with Gasteiger partial charge >= 0.3 is 20.2 Å². The van der Waals surface area contributed by atoms with E-state index >= 15 is 8.78 Å². The van der Waals surface area contributed by atoms with Gasteiger partial charge in [-0.1, -0.05) is 23.6 Å². The summed E-state index contributed by atoms with van der Waals surface area (Å²) in [5, 5.41) is 8.64. The molecule has 2 aromatic carbocycles. The predicted octanol–water partition coefficient (Wildman–Crippen LogP) is 7.30. The van der Waals surface area contributed by atoms with Crippen LogP contribution in [0, 0.1) is 41.2 Å². The van der Waals surface area contributed by atoms with Crippen LogP contribution in [-0.2, 0) is 74.9 Å². The molecule has 416 valence electrons. The number of sulfone groups is 1. The summed E-state index contributed by atoms with van der Waals surface area (Å²) in [5.41, 5.74) is -6.11. The number of alkyl halides is 8. The Morgan fingerprint density at radius 2 is 1.62 bits per heavy atom. The minimum Gasteiger partial charge on any atom is -0.355 e. The fourth-order valence-electron chi connectivity index (χ4n) is 9.02. The van der Waals surface area contributed by atoms with Crippen molar-refractivity contribution in [2.75, 3.05) is 30.2 Å². The zero-order valence-corrected chi connectivity index (χ0v) is 43.3. The van der Waals surface area contributed by atoms with Crippen LogP contribution in [0.4, 0.5) is 49.7 Å². The Morgan fingerprint density at radius 1 is 0.974 bits per heavy atom. The Balaban J connectivity index is 1.31. The van der Waals surface area contributed by atoms with E-state index in [0.29, 0.717) is 12.3 Å². The lowest BCUT2D eigenvalue weighted by Gasteiger charge is -2.23. The van der Waals surface area contributed by atoms with Gasteiger partial charge in [0.05, 0.1) is 40.5 Å². The molecule has 5 aromatic rings. The Labute approximate surface area is 435 Å². The van der Waals surface area contributed by atoms with Gasteiger partial charge in [-0.3, -0.25) is 23.5 Å². The first-order chi connectivity index (χ1) is 35.4. The highest BCUT2D eigenvalue weighted by molar-refractivity contribution is 7.93. The monoisotopic (exact) mass is 1180 g/mol. The van der Waals surface area contributed by atoms with Gasteiger partial charge in [-0.25, -0.2) is 35.2 Å². The van der Waals surface area contributed by atoms with Crippen molar-refractivity contribution in [2.45, 2.75) is 81.2 Å². The molecule has 0 bridgehead atoms. The number of fused-ring (bicyclic) bond motifs is 4. The SMILES string of the molecule is CC(C)(C#Cc1ccc(-c2ccc(Cl)c3c(N(C(=O)[C@@H]4C[C@@H]4COCOP(=O)(O)O)S(C)(=O)=O)nn(CC(F)(F)F)c23)c([C@H](Cc2cc(F)cc(F)c2)NC(=O)Cn2nc(C(F)(F)F)c3c2C(F)(F)[C@@H]2C[C@H]32)n1)S(C)(=O)=O. The van der Waals surface area contributed by atoms with E-state index in [1.54, 1.807) is 0 Å². The molecule has 3 N–H and O–H groups in total. The van der Waals surface area contributed by atoms with E-state index in [-0.39, 0.29) is 43.3 Å². The van der Waals surface area contributed by atoms with Crippen molar-refractivity contribution in [3.8, 4) is 23.0 Å². The number of halogens is 11. The van der Waals surface area contributed by atoms with Crippen molar-refractivity contribution >= 4 is 67.8 Å². The van der Waals surface area contributed by atoms with E-state index in [4.69, 9.17) is 26.1 Å². The quantitative estimate of drug-likeness (QED) is 0.0272. The summed E-state index contributed by atoms with van der Waals surface area (Å²) in [6, 6.07) is 4.61. The second-order valence-electron chi connectivity index (χ2n) is 19.1. The van der Waals surface area contributed by atoms with Gasteiger partial charge in [0, 0.05) is 40.8 Å². The topological polar surface area (TPSA) is 242 Å². The maximum absolute atomic E-state index is 15.6. The fourth-order valence-corrected chi connectivity index (χ4v) is 10.6. The van der Waals surface area contributed by atoms with Crippen LogP contribution in [0.5, 0.6) is 0 Å². The Morgan fingerprint density at radius 3 is 2.22 bits per heavy atom. The molecule has 2 amide bonds. The lowest BCUT2D eigenvalue weighted by atomic mass is 9.93. The number of phosphoric ester groups is 1. The molecule has 0 saturated heterocycles. The molecular weight excluding hydrogens is 1140 g/mol. The van der Waals surface area contributed by atoms with Crippen LogP contribution in [0.1, 0.15) is 72.6 Å². The van der Waals surface area contributed by atoms with Crippen molar-refractivity contribution in [1.82, 2.24) is 29.9 Å². The standard InChI is InChI=1S/C45H41ClF10N7O11PS2/c1-42(2,76(3,69)70)10-9-25-5-6-26(27-7-8-31(46)35-37(27)62(19-43(49,50)51)60-40(35)63(77(4,71)72)41(65)28-14-22(28)18-73-20-74-75(66,67)68)36(57-25)32(13-21-11-23(47)15-24(48)12-21)58-33(64)17-61-39-34(38(59-61)45(54,55)56)29-16-30(29)44(39,52)53/h5-8,11-12,15,22,28-30,32H,13-14,16-20H2,1-4H3,(H,58,64)(H2,66,67,68)/t22-,28-,29+,30-,32+/m1/s1. The number of anilines is 1. The predicted molar refractivity (Wildman–Crippen MR) is 251 cm³/mol. The third-order valence-electron chi connectivity index (χ3n) is 12.9. The van der Waals surface area contributed by atoms with Crippen LogP contribution in [0.3, 0.4) is 0 Å². The number of carbonyl (C=O) groups excluding carboxylic acids is 2. The molecule has 5 atom stereocenters. The van der Waals surface area contributed by atoms with Gasteiger partial charge in [0.15, 0.2) is 28.1 Å². The summed E-state index contributed by atoms with van der Waals surface area (Å²) in [6.07, 6.45) is -10.1. The van der Waals surface area contributed by atoms with E-state index in [2.05, 4.69) is 36.9 Å². The van der Waals surface area contributed by atoms with E-state index in [9.17, 15) is 66.1 Å². The minimum atomic E-state index is -5.24. The second-order valence-corrected chi connectivity index (χ2v) is 25.1. The molecule has 0 spiro atoms. The summed E-state index contributed by atoms with van der Waals surface area (Å²) in [7, 11) is -13.8. The van der Waals surface area contributed by atoms with E-state index in [1.807, 2.05) is 0 Å². The number of pyridine rings is 1. The highest BCUT2D eigenvalue weighted by atomic mass is 35.5. The number of carbonyl (C=O) groups is 2. The summed E-state index contributed by atoms with van der Waals surface area (Å²) >= 11 is 6.68. The largest absolute Gasteiger partial charge is 0.471 e. The number of aromatic nitrogens is 5. The lowest BCUT2D eigenvalue weighted by molar-refractivity contribution is -0.143. The molecule has 3 heterocycles. The van der Waals surface area contributed by atoms with E-state index in [1.165, 1.54) is 13.8 Å². The van der Waals surface area contributed by atoms with Crippen molar-refractivity contribution in [2.24, 2.45) is 17.8 Å². The number of benzene rings is 2. The first-order valence-electron chi connectivity index (χ1n) is 22.5. The van der Waals surface area contributed by atoms with Gasteiger partial charge in [-0.05, 0) is 86.8 Å². The van der Waals surface area contributed by atoms with E-state index in [0.717, 1.165) is 42.7 Å². The molecule has 32 heteroatoms. The number of ether oxygens (including phenoxy) is 1. The molecule has 0 unspecified atom stereocenters. The van der Waals surface area contributed by atoms with Crippen LogP contribution in [0.2, 0.25) is 5.02 Å². The van der Waals surface area contributed by atoms with Crippen LogP contribution in [0.25, 0.3) is 22.0 Å². The number of hydrogen-bond acceptors (Lipinski definition) is 12. The molecule has 3 aliphatic carbocycles. The smallest absolute Gasteiger partial charge is 0.355 e. The molecule has 0 aliphatic heterocycles. The third-order valence-corrected chi connectivity index (χ3v) is 16.6. The number of hydrogen-bond donors (Lipinski definition) is 3. The van der Waals surface area contributed by atoms with Crippen molar-refractivity contribution in [3.05, 3.63) is 93.0 Å². The number of nitrogens with zero attached hydrogens (tertiary/aromatic N) is 6. The van der Waals surface area contributed by atoms with Crippen molar-refractivity contribution in [1.29, 1.82) is 0 Å². The molecule has 3 aliphatic rings. The Kier molecular flexibility index (Phi) is 14.9. The van der Waals surface area contributed by atoms with E-state index < -0.39 is 187 Å². The Bertz CT molecular complexity index is 3580.